The number of nitrogens with zero attached hydrogens (tertiary/aromatic N) is 2. The minimum atomic E-state index is 1.16. The summed E-state index contributed by atoms with van der Waals surface area (Å²) in [4.78, 5) is 0. The second-order valence-corrected chi connectivity index (χ2v) is 14.9. The van der Waals surface area contributed by atoms with Crippen LogP contribution < -0.4 is 0 Å². The van der Waals surface area contributed by atoms with E-state index in [1.807, 2.05) is 0 Å². The molecule has 2 nitrogen and oxygen atoms in total. The maximum Gasteiger partial charge on any atom is 0.0546 e. The Morgan fingerprint density at radius 1 is 0.250 bits per heavy atom. The third-order valence-corrected chi connectivity index (χ3v) is 11.9. The first-order valence-electron chi connectivity index (χ1n) is 19.3. The van der Waals surface area contributed by atoms with Crippen LogP contribution in [0.25, 0.3) is 110 Å². The molecule has 260 valence electrons. The molecule has 0 N–H and O–H groups in total. The Bertz CT molecular complexity index is 3510. The Balaban J connectivity index is 1.03. The lowest BCUT2D eigenvalue weighted by Gasteiger charge is -2.16. The highest BCUT2D eigenvalue weighted by Gasteiger charge is 2.18. The van der Waals surface area contributed by atoms with Crippen LogP contribution in [0.3, 0.4) is 0 Å². The van der Waals surface area contributed by atoms with Crippen LogP contribution in [0.5, 0.6) is 0 Å². The van der Waals surface area contributed by atoms with Gasteiger partial charge < -0.3 is 9.13 Å². The normalized spacial score (nSPS) is 11.9. The number of aromatic nitrogens is 2. The zero-order chi connectivity index (χ0) is 36.7. The van der Waals surface area contributed by atoms with Gasteiger partial charge in [0, 0.05) is 32.6 Å². The van der Waals surface area contributed by atoms with Crippen LogP contribution in [-0.4, -0.2) is 9.13 Å². The van der Waals surface area contributed by atoms with Gasteiger partial charge in [-0.15, -0.1) is 0 Å². The van der Waals surface area contributed by atoms with Crippen molar-refractivity contribution in [3.8, 4) is 33.6 Å². The van der Waals surface area contributed by atoms with Crippen molar-refractivity contribution in [3.63, 3.8) is 0 Å². The molecule has 12 aromatic rings. The molecule has 0 atom stereocenters. The van der Waals surface area contributed by atoms with Crippen LogP contribution in [-0.2, 0) is 0 Å². The van der Waals surface area contributed by atoms with Gasteiger partial charge in [-0.25, -0.2) is 0 Å². The maximum absolute atomic E-state index is 2.48. The molecule has 2 heterocycles. The van der Waals surface area contributed by atoms with Gasteiger partial charge in [0.25, 0.3) is 0 Å². The molecule has 2 aromatic heterocycles. The Hall–Kier alpha value is -7.42. The second-order valence-electron chi connectivity index (χ2n) is 14.9. The molecule has 0 aliphatic carbocycles. The van der Waals surface area contributed by atoms with Crippen molar-refractivity contribution in [3.05, 3.63) is 206 Å². The van der Waals surface area contributed by atoms with Gasteiger partial charge in [0.2, 0.25) is 0 Å². The summed E-state index contributed by atoms with van der Waals surface area (Å²) < 4.78 is 4.88. The molecule has 56 heavy (non-hydrogen) atoms. The zero-order valence-corrected chi connectivity index (χ0v) is 30.5. The Morgan fingerprint density at radius 2 is 0.732 bits per heavy atom. The minimum Gasteiger partial charge on any atom is -0.309 e. The lowest BCUT2D eigenvalue weighted by molar-refractivity contribution is 1.18. The molecule has 0 spiro atoms. The molecule has 0 unspecified atom stereocenters. The van der Waals surface area contributed by atoms with Crippen molar-refractivity contribution in [2.24, 2.45) is 0 Å². The van der Waals surface area contributed by atoms with Gasteiger partial charge in [-0.05, 0) is 104 Å². The predicted octanol–water partition coefficient (Wildman–Crippen LogP) is 14.7. The quantitative estimate of drug-likeness (QED) is 0.161. The Morgan fingerprint density at radius 3 is 1.43 bits per heavy atom. The summed E-state index contributed by atoms with van der Waals surface area (Å²) in [7, 11) is 0. The third kappa shape index (κ3) is 4.57. The van der Waals surface area contributed by atoms with Crippen molar-refractivity contribution in [2.75, 3.05) is 0 Å². The fraction of sp³-hybridized carbons (Fsp3) is 0. The number of benzene rings is 10. The van der Waals surface area contributed by atoms with Crippen LogP contribution in [0.4, 0.5) is 0 Å². The van der Waals surface area contributed by atoms with E-state index in [1.54, 1.807) is 0 Å². The molecular formula is C54H34N2. The van der Waals surface area contributed by atoms with Crippen LogP contribution >= 0.6 is 0 Å². The summed E-state index contributed by atoms with van der Waals surface area (Å²) in [6.45, 7) is 0. The van der Waals surface area contributed by atoms with E-state index < -0.39 is 0 Å². The SMILES string of the molecule is c1ccc(-c2ccc(-n3c4ccccc4c4cc(-c5ccc6c(c5)c5ccccc5n6-c5cc6ccc7ccccc7c6c6ccccc56)ccc43)cc2)cc1. The van der Waals surface area contributed by atoms with E-state index >= 15 is 0 Å². The van der Waals surface area contributed by atoms with E-state index in [0.29, 0.717) is 0 Å². The highest BCUT2D eigenvalue weighted by molar-refractivity contribution is 6.23. The highest BCUT2D eigenvalue weighted by atomic mass is 15.0. The van der Waals surface area contributed by atoms with Crippen LogP contribution in [0.1, 0.15) is 0 Å². The summed E-state index contributed by atoms with van der Waals surface area (Å²) in [5, 5.41) is 12.7. The molecular weight excluding hydrogens is 677 g/mol. The van der Waals surface area contributed by atoms with Crippen LogP contribution in [0.15, 0.2) is 206 Å². The molecule has 0 fully saturated rings. The van der Waals surface area contributed by atoms with Crippen LogP contribution in [0.2, 0.25) is 0 Å². The average Bonchev–Trinajstić information content (AvgIpc) is 3.78. The van der Waals surface area contributed by atoms with Gasteiger partial charge in [-0.1, -0.05) is 152 Å². The number of fused-ring (bicyclic) bond motifs is 11. The van der Waals surface area contributed by atoms with E-state index in [-0.39, 0.29) is 0 Å². The molecule has 2 heteroatoms. The molecule has 0 saturated carbocycles. The van der Waals surface area contributed by atoms with Gasteiger partial charge in [-0.2, -0.15) is 0 Å². The number of para-hydroxylation sites is 2. The van der Waals surface area contributed by atoms with Crippen molar-refractivity contribution < 1.29 is 0 Å². The molecule has 0 aliphatic rings. The number of hydrogen-bond donors (Lipinski definition) is 0. The zero-order valence-electron chi connectivity index (χ0n) is 30.5. The first kappa shape index (κ1) is 31.0. The monoisotopic (exact) mass is 710 g/mol. The summed E-state index contributed by atoms with van der Waals surface area (Å²) in [6, 6.07) is 75.7. The summed E-state index contributed by atoms with van der Waals surface area (Å²) in [5.41, 5.74) is 12.1. The number of rotatable bonds is 4. The van der Waals surface area contributed by atoms with Gasteiger partial charge >= 0.3 is 0 Å². The maximum atomic E-state index is 2.48. The molecule has 10 aromatic carbocycles. The Labute approximate surface area is 323 Å². The fourth-order valence-corrected chi connectivity index (χ4v) is 9.32. The van der Waals surface area contributed by atoms with E-state index in [2.05, 4.69) is 215 Å². The third-order valence-electron chi connectivity index (χ3n) is 11.9. The highest BCUT2D eigenvalue weighted by Crippen LogP contribution is 2.42. The topological polar surface area (TPSA) is 9.86 Å². The van der Waals surface area contributed by atoms with Gasteiger partial charge in [-0.3, -0.25) is 0 Å². The lowest BCUT2D eigenvalue weighted by Crippen LogP contribution is -1.96. The molecule has 0 aliphatic heterocycles. The molecule has 12 rings (SSSR count). The average molecular weight is 711 g/mol. The van der Waals surface area contributed by atoms with Gasteiger partial charge in [0.1, 0.15) is 0 Å². The van der Waals surface area contributed by atoms with Gasteiger partial charge in [0.05, 0.1) is 27.8 Å². The second kappa shape index (κ2) is 12.0. The smallest absolute Gasteiger partial charge is 0.0546 e. The van der Waals surface area contributed by atoms with Crippen molar-refractivity contribution in [2.45, 2.75) is 0 Å². The largest absolute Gasteiger partial charge is 0.309 e. The lowest BCUT2D eigenvalue weighted by atomic mass is 9.95. The first-order chi connectivity index (χ1) is 27.8. The Kier molecular flexibility index (Phi) is 6.66. The molecule has 0 saturated heterocycles. The minimum absolute atomic E-state index is 1.16. The van der Waals surface area contributed by atoms with Crippen molar-refractivity contribution >= 4 is 75.9 Å². The van der Waals surface area contributed by atoms with E-state index in [9.17, 15) is 0 Å². The fourth-order valence-electron chi connectivity index (χ4n) is 9.32. The summed E-state index contributed by atoms with van der Waals surface area (Å²) >= 11 is 0. The van der Waals surface area contributed by atoms with Crippen LogP contribution in [0, 0.1) is 0 Å². The standard InChI is InChI=1S/C54H34N2/c1-2-12-35(13-3-1)36-24-28-41(29-25-36)55-49-20-10-8-17-44(49)47-32-38(26-30-51(47)55)39-27-31-52-48(33-39)45-18-9-11-21-50(45)56(52)53-34-40-23-22-37-14-4-5-15-42(37)54(40)46-19-7-6-16-43(46)53/h1-34H. The predicted molar refractivity (Wildman–Crippen MR) is 239 cm³/mol. The van der Waals surface area contributed by atoms with E-state index in [0.717, 1.165) is 5.69 Å². The molecule has 0 radical (unpaired) electrons. The summed E-state index contributed by atoms with van der Waals surface area (Å²) in [6.07, 6.45) is 0. The van der Waals surface area contributed by atoms with Crippen molar-refractivity contribution in [1.82, 2.24) is 9.13 Å². The van der Waals surface area contributed by atoms with E-state index in [4.69, 9.17) is 0 Å². The first-order valence-corrected chi connectivity index (χ1v) is 19.3. The van der Waals surface area contributed by atoms with E-state index in [1.165, 1.54) is 104 Å². The molecule has 0 amide bonds. The van der Waals surface area contributed by atoms with Crippen molar-refractivity contribution in [1.29, 1.82) is 0 Å². The molecule has 0 bridgehead atoms. The number of hydrogen-bond acceptors (Lipinski definition) is 0. The summed E-state index contributed by atoms with van der Waals surface area (Å²) in [5.74, 6) is 0. The van der Waals surface area contributed by atoms with Gasteiger partial charge in [0.15, 0.2) is 0 Å².